The maximum absolute atomic E-state index is 13.5. The van der Waals surface area contributed by atoms with Gasteiger partial charge in [0.1, 0.15) is 23.0 Å². The molecule has 5 rings (SSSR count). The van der Waals surface area contributed by atoms with E-state index in [-0.39, 0.29) is 11.3 Å². The predicted molar refractivity (Wildman–Crippen MR) is 142 cm³/mol. The van der Waals surface area contributed by atoms with Crippen LogP contribution < -0.4 is 14.4 Å². The Bertz CT molecular complexity index is 1510. The zero-order valence-corrected chi connectivity index (χ0v) is 20.4. The van der Waals surface area contributed by atoms with Crippen molar-refractivity contribution < 1.29 is 24.2 Å². The molecule has 1 heterocycles. The number of benzene rings is 4. The number of amides is 1. The van der Waals surface area contributed by atoms with Crippen molar-refractivity contribution >= 4 is 23.1 Å². The molecule has 0 aliphatic carbocycles. The zero-order valence-electron chi connectivity index (χ0n) is 20.4. The van der Waals surface area contributed by atoms with E-state index in [9.17, 15) is 14.7 Å². The van der Waals surface area contributed by atoms with Crippen LogP contribution in [0.5, 0.6) is 17.2 Å². The lowest BCUT2D eigenvalue weighted by atomic mass is 9.94. The number of aryl methyl sites for hydroxylation is 1. The summed E-state index contributed by atoms with van der Waals surface area (Å²) < 4.78 is 11.4. The van der Waals surface area contributed by atoms with E-state index in [0.29, 0.717) is 34.1 Å². The van der Waals surface area contributed by atoms with Gasteiger partial charge in [-0.1, -0.05) is 60.7 Å². The van der Waals surface area contributed by atoms with Gasteiger partial charge in [0.05, 0.1) is 24.3 Å². The number of carbonyl (C=O) groups excluding carboxylic acids is 2. The molecule has 1 saturated heterocycles. The number of carbonyl (C=O) groups is 2. The van der Waals surface area contributed by atoms with Gasteiger partial charge >= 0.3 is 0 Å². The second-order valence-electron chi connectivity index (χ2n) is 8.64. The number of aliphatic hydroxyl groups is 1. The van der Waals surface area contributed by atoms with Crippen molar-refractivity contribution in [1.29, 1.82) is 0 Å². The molecule has 1 fully saturated rings. The smallest absolute Gasteiger partial charge is 0.300 e. The van der Waals surface area contributed by atoms with Gasteiger partial charge < -0.3 is 14.6 Å². The number of hydrogen-bond acceptors (Lipinski definition) is 5. The molecule has 1 amide bonds. The molecule has 0 aromatic heterocycles. The van der Waals surface area contributed by atoms with Gasteiger partial charge in [0.2, 0.25) is 0 Å². The Balaban J connectivity index is 1.70. The third-order valence-electron chi connectivity index (χ3n) is 6.33. The van der Waals surface area contributed by atoms with E-state index in [1.54, 1.807) is 48.5 Å². The van der Waals surface area contributed by atoms with Crippen LogP contribution in [0.1, 0.15) is 22.7 Å². The van der Waals surface area contributed by atoms with Crippen LogP contribution in [0.2, 0.25) is 0 Å². The summed E-state index contributed by atoms with van der Waals surface area (Å²) in [5, 5.41) is 11.5. The molecule has 4 aromatic carbocycles. The molecule has 1 N–H and O–H groups in total. The van der Waals surface area contributed by atoms with E-state index >= 15 is 0 Å². The Morgan fingerprint density at radius 3 is 2.24 bits per heavy atom. The number of aliphatic hydroxyl groups excluding tert-OH is 1. The summed E-state index contributed by atoms with van der Waals surface area (Å²) in [5.74, 6) is -0.206. The van der Waals surface area contributed by atoms with E-state index in [1.165, 1.54) is 12.0 Å². The summed E-state index contributed by atoms with van der Waals surface area (Å²) in [6.07, 6.45) is 0. The summed E-state index contributed by atoms with van der Waals surface area (Å²) >= 11 is 0. The molecular weight excluding hydrogens is 466 g/mol. The highest BCUT2D eigenvalue weighted by atomic mass is 16.5. The monoisotopic (exact) mass is 491 g/mol. The van der Waals surface area contributed by atoms with Gasteiger partial charge in [0, 0.05) is 5.69 Å². The predicted octanol–water partition coefficient (Wildman–Crippen LogP) is 6.42. The van der Waals surface area contributed by atoms with Crippen LogP contribution in [-0.2, 0) is 9.59 Å². The maximum Gasteiger partial charge on any atom is 0.300 e. The molecule has 4 aromatic rings. The molecule has 1 aliphatic rings. The second-order valence-corrected chi connectivity index (χ2v) is 8.64. The van der Waals surface area contributed by atoms with Gasteiger partial charge in [-0.2, -0.15) is 0 Å². The van der Waals surface area contributed by atoms with Crippen LogP contribution in [0, 0.1) is 6.92 Å². The summed E-state index contributed by atoms with van der Waals surface area (Å²) in [6, 6.07) is 29.8. The van der Waals surface area contributed by atoms with E-state index in [1.807, 2.05) is 61.5 Å². The zero-order chi connectivity index (χ0) is 25.9. The number of nitrogens with zero attached hydrogens (tertiary/aromatic N) is 1. The van der Waals surface area contributed by atoms with E-state index in [4.69, 9.17) is 9.47 Å². The standard InChI is InChI=1S/C31H25NO5/c1-20-11-6-8-17-25(20)32-28(21-12-10-15-23(19-21)37-22-13-4-3-5-14-22)27(30(34)31(32)35)29(33)24-16-7-9-18-26(24)36-2/h3-19,28,33H,1-2H3/b29-27-. The van der Waals surface area contributed by atoms with Crippen molar-refractivity contribution in [1.82, 2.24) is 0 Å². The highest BCUT2D eigenvalue weighted by Crippen LogP contribution is 2.44. The van der Waals surface area contributed by atoms with Crippen molar-refractivity contribution in [3.05, 3.63) is 125 Å². The second kappa shape index (κ2) is 10.0. The molecule has 0 spiro atoms. The Hall–Kier alpha value is -4.84. The summed E-state index contributed by atoms with van der Waals surface area (Å²) in [4.78, 5) is 28.4. The first-order valence-electron chi connectivity index (χ1n) is 11.8. The molecule has 6 nitrogen and oxygen atoms in total. The lowest BCUT2D eigenvalue weighted by Gasteiger charge is -2.27. The number of methoxy groups -OCH3 is 1. The van der Waals surface area contributed by atoms with Crippen LogP contribution in [-0.4, -0.2) is 23.9 Å². The Kier molecular flexibility index (Phi) is 6.47. The lowest BCUT2D eigenvalue weighted by Crippen LogP contribution is -2.30. The number of anilines is 1. The molecule has 1 atom stereocenters. The fourth-order valence-corrected chi connectivity index (χ4v) is 4.59. The first-order valence-corrected chi connectivity index (χ1v) is 11.8. The number of hydrogen-bond donors (Lipinski definition) is 1. The molecule has 6 heteroatoms. The van der Waals surface area contributed by atoms with Gasteiger partial charge in [-0.15, -0.1) is 0 Å². The normalized spacial score (nSPS) is 16.6. The minimum atomic E-state index is -0.884. The highest BCUT2D eigenvalue weighted by molar-refractivity contribution is 6.51. The average molecular weight is 492 g/mol. The molecule has 0 saturated carbocycles. The van der Waals surface area contributed by atoms with Crippen molar-refractivity contribution in [2.45, 2.75) is 13.0 Å². The molecule has 1 aliphatic heterocycles. The van der Waals surface area contributed by atoms with Crippen molar-refractivity contribution in [3.8, 4) is 17.2 Å². The molecule has 184 valence electrons. The van der Waals surface area contributed by atoms with Crippen LogP contribution in [0.4, 0.5) is 5.69 Å². The third kappa shape index (κ3) is 4.45. The van der Waals surface area contributed by atoms with Crippen LogP contribution in [0.3, 0.4) is 0 Å². The minimum Gasteiger partial charge on any atom is -0.507 e. The molecule has 37 heavy (non-hydrogen) atoms. The SMILES string of the molecule is COc1ccccc1/C(O)=C1/C(=O)C(=O)N(c2ccccc2C)C1c1cccc(Oc2ccccc2)c1. The van der Waals surface area contributed by atoms with Gasteiger partial charge in [-0.3, -0.25) is 14.5 Å². The summed E-state index contributed by atoms with van der Waals surface area (Å²) in [7, 11) is 1.49. The Morgan fingerprint density at radius 1 is 0.811 bits per heavy atom. The minimum absolute atomic E-state index is 0.0189. The third-order valence-corrected chi connectivity index (χ3v) is 6.33. The first-order chi connectivity index (χ1) is 18.0. The van der Waals surface area contributed by atoms with Crippen LogP contribution in [0.25, 0.3) is 5.76 Å². The average Bonchev–Trinajstić information content (AvgIpc) is 3.19. The van der Waals surface area contributed by atoms with Crippen molar-refractivity contribution in [2.75, 3.05) is 12.0 Å². The fraction of sp³-hybridized carbons (Fsp3) is 0.0968. The number of ether oxygens (including phenoxy) is 2. The molecule has 0 radical (unpaired) electrons. The van der Waals surface area contributed by atoms with Gasteiger partial charge in [0.15, 0.2) is 0 Å². The van der Waals surface area contributed by atoms with Gasteiger partial charge in [0.25, 0.3) is 11.7 Å². The van der Waals surface area contributed by atoms with Crippen molar-refractivity contribution in [2.24, 2.45) is 0 Å². The molecular formula is C31H25NO5. The Morgan fingerprint density at radius 2 is 1.49 bits per heavy atom. The topological polar surface area (TPSA) is 76.1 Å². The van der Waals surface area contributed by atoms with E-state index < -0.39 is 17.7 Å². The molecule has 1 unspecified atom stereocenters. The van der Waals surface area contributed by atoms with Crippen LogP contribution in [0.15, 0.2) is 109 Å². The first kappa shape index (κ1) is 23.9. The fourth-order valence-electron chi connectivity index (χ4n) is 4.59. The van der Waals surface area contributed by atoms with E-state index in [2.05, 4.69) is 0 Å². The number of para-hydroxylation sites is 3. The van der Waals surface area contributed by atoms with E-state index in [0.717, 1.165) is 5.56 Å². The van der Waals surface area contributed by atoms with Gasteiger partial charge in [-0.25, -0.2) is 0 Å². The number of rotatable bonds is 6. The number of Topliss-reactive ketones (excluding diaryl/α,β-unsaturated/α-hetero) is 1. The lowest BCUT2D eigenvalue weighted by molar-refractivity contribution is -0.132. The quantitative estimate of drug-likeness (QED) is 0.191. The largest absolute Gasteiger partial charge is 0.507 e. The highest BCUT2D eigenvalue weighted by Gasteiger charge is 2.47. The van der Waals surface area contributed by atoms with Gasteiger partial charge in [-0.05, 0) is 60.5 Å². The van der Waals surface area contributed by atoms with Crippen molar-refractivity contribution in [3.63, 3.8) is 0 Å². The Labute approximate surface area is 215 Å². The maximum atomic E-state index is 13.5. The summed E-state index contributed by atoms with van der Waals surface area (Å²) in [6.45, 7) is 1.88. The molecule has 0 bridgehead atoms. The summed E-state index contributed by atoms with van der Waals surface area (Å²) in [5.41, 5.74) is 2.34. The van der Waals surface area contributed by atoms with Crippen LogP contribution >= 0.6 is 0 Å². The number of ketones is 1.